The number of carboxylic acid groups (broad SMARTS) is 1. The average Bonchev–Trinajstić information content (AvgIpc) is 3.58. The van der Waals surface area contributed by atoms with Gasteiger partial charge in [0.1, 0.15) is 11.7 Å². The number of phenolic OH excluding ortho intramolecular Hbond substituents is 1. The van der Waals surface area contributed by atoms with Gasteiger partial charge in [-0.1, -0.05) is 0 Å². The van der Waals surface area contributed by atoms with E-state index in [9.17, 15) is 43.8 Å². The van der Waals surface area contributed by atoms with Gasteiger partial charge in [-0.3, -0.25) is 28.8 Å². The number of phenols is 1. The van der Waals surface area contributed by atoms with Gasteiger partial charge in [-0.15, -0.1) is 0 Å². The van der Waals surface area contributed by atoms with Gasteiger partial charge in [0, 0.05) is 41.3 Å². The van der Waals surface area contributed by atoms with E-state index in [1.54, 1.807) is 13.8 Å². The Morgan fingerprint density at radius 1 is 0.733 bits per heavy atom. The lowest BCUT2D eigenvalue weighted by atomic mass is 10.1. The molecule has 60 heavy (non-hydrogen) atoms. The zero-order valence-electron chi connectivity index (χ0n) is 32.2. The predicted molar refractivity (Wildman–Crippen MR) is 218 cm³/mol. The molecule has 0 aliphatic heterocycles. The van der Waals surface area contributed by atoms with E-state index in [-0.39, 0.29) is 45.2 Å². The number of primary amides is 1. The molecule has 0 bridgehead atoms. The maximum Gasteiger partial charge on any atom is 0.352 e. The quantitative estimate of drug-likeness (QED) is 0.0730. The second-order valence-corrected chi connectivity index (χ2v) is 13.4. The fraction of sp³-hybridized carbons (Fsp3) is 0.143. The highest BCUT2D eigenvalue weighted by molar-refractivity contribution is 6.10. The predicted octanol–water partition coefficient (Wildman–Crippen LogP) is 4.46. The molecule has 306 valence electrons. The molecule has 0 spiro atoms. The molecule has 5 aromatic rings. The fourth-order valence-electron chi connectivity index (χ4n) is 5.64. The molecule has 1 unspecified atom stereocenters. The van der Waals surface area contributed by atoms with E-state index < -0.39 is 65.7 Å². The summed E-state index contributed by atoms with van der Waals surface area (Å²) >= 11 is 0. The van der Waals surface area contributed by atoms with Crippen molar-refractivity contribution < 1.29 is 48.5 Å². The fourth-order valence-corrected chi connectivity index (χ4v) is 5.64. The molecule has 1 aromatic heterocycles. The number of carboxylic acids is 1. The summed E-state index contributed by atoms with van der Waals surface area (Å²) in [6.07, 6.45) is 0.356. The van der Waals surface area contributed by atoms with E-state index in [1.807, 2.05) is 6.07 Å². The van der Waals surface area contributed by atoms with Gasteiger partial charge in [0.05, 0.1) is 41.1 Å². The number of nitriles is 1. The molecule has 0 radical (unpaired) electrons. The Kier molecular flexibility index (Phi) is 13.3. The van der Waals surface area contributed by atoms with E-state index in [4.69, 9.17) is 15.7 Å². The average molecular weight is 815 g/mol. The molecule has 0 aliphatic rings. The number of aryl methyl sites for hydroxylation is 1. The van der Waals surface area contributed by atoms with E-state index in [0.717, 1.165) is 0 Å². The smallest absolute Gasteiger partial charge is 0.352 e. The number of rotatable bonds is 15. The minimum Gasteiger partial charge on any atom is -0.504 e. The van der Waals surface area contributed by atoms with Crippen LogP contribution in [0.25, 0.3) is 0 Å². The maximum absolute atomic E-state index is 13.3. The Balaban J connectivity index is 1.22. The molecule has 0 saturated heterocycles. The molecular weight excluding hydrogens is 777 g/mol. The van der Waals surface area contributed by atoms with Crippen molar-refractivity contribution in [1.29, 1.82) is 5.26 Å². The number of aromatic carboxylic acids is 1. The van der Waals surface area contributed by atoms with E-state index in [1.165, 1.54) is 109 Å². The second-order valence-electron chi connectivity index (χ2n) is 13.4. The van der Waals surface area contributed by atoms with Gasteiger partial charge in [-0.2, -0.15) is 5.26 Å². The molecule has 0 fully saturated rings. The normalized spacial score (nSPS) is 11.1. The summed E-state index contributed by atoms with van der Waals surface area (Å²) in [7, 11) is 1.49. The number of carbonyl (C=O) groups excluding carboxylic acids is 6. The van der Waals surface area contributed by atoms with Crippen molar-refractivity contribution in [2.75, 3.05) is 21.3 Å². The lowest BCUT2D eigenvalue weighted by Gasteiger charge is -2.18. The summed E-state index contributed by atoms with van der Waals surface area (Å²) in [5, 5.41) is 42.2. The summed E-state index contributed by atoms with van der Waals surface area (Å²) in [6, 6.07) is 21.8. The van der Waals surface area contributed by atoms with Crippen molar-refractivity contribution in [3.63, 3.8) is 0 Å². The summed E-state index contributed by atoms with van der Waals surface area (Å²) in [5.41, 5.74) is 6.79. The lowest BCUT2D eigenvalue weighted by molar-refractivity contribution is -0.123. The van der Waals surface area contributed by atoms with Crippen LogP contribution >= 0.6 is 0 Å². The third kappa shape index (κ3) is 10.7. The zero-order chi connectivity index (χ0) is 43.7. The number of amides is 6. The first kappa shape index (κ1) is 42.7. The minimum atomic E-state index is -1.39. The summed E-state index contributed by atoms with van der Waals surface area (Å²) in [5.74, 6) is -6.18. The number of nitrogens with zero attached hydrogens (tertiary/aromatic N) is 2. The van der Waals surface area contributed by atoms with Crippen molar-refractivity contribution in [3.05, 3.63) is 131 Å². The Hall–Kier alpha value is -8.46. The van der Waals surface area contributed by atoms with Crippen molar-refractivity contribution in [1.82, 2.24) is 9.88 Å². The van der Waals surface area contributed by atoms with E-state index in [2.05, 4.69) is 26.6 Å². The Bertz CT molecular complexity index is 2520. The van der Waals surface area contributed by atoms with Crippen LogP contribution in [0.5, 0.6) is 11.5 Å². The SMILES string of the molecule is CC(C)Oc1c(NC(=O)c2ccc(NC(=O)C(CC(N)=O)NC(=O)c3ccc(NC(=O)c4ccc(C#N)cc4)cc3)cc2)ccc(C(=O)Nc2cc(C(=O)O)n(C)c2)c1O. The number of benzene rings is 4. The van der Waals surface area contributed by atoms with Crippen LogP contribution in [0.3, 0.4) is 0 Å². The maximum atomic E-state index is 13.3. The topological polar surface area (TPSA) is 284 Å². The number of anilines is 4. The zero-order valence-corrected chi connectivity index (χ0v) is 32.2. The standard InChI is InChI=1S/C42H38N8O10/c1-22(2)60-36-31(17-16-30(35(36)52)40(56)47-29-18-33(42(58)59)50(3)21-29)48-38(54)25-10-14-28(15-11-25)46-41(57)32(19-34(44)51)49-39(55)26-8-12-27(13-9-26)45-37(53)24-6-4-23(20-43)5-7-24/h4-18,21-22,32,52H,19H2,1-3H3,(H2,44,51)(H,45,53)(H,46,57)(H,47,56)(H,48,54)(H,49,55)(H,58,59). The molecule has 0 saturated carbocycles. The molecule has 1 atom stereocenters. The first-order chi connectivity index (χ1) is 28.5. The minimum absolute atomic E-state index is 0.0283. The number of hydrogen-bond acceptors (Lipinski definition) is 10. The van der Waals surface area contributed by atoms with Crippen LogP contribution < -0.4 is 37.1 Å². The number of aromatic nitrogens is 1. The number of aromatic hydroxyl groups is 1. The number of nitrogens with two attached hydrogens (primary N) is 1. The third-order valence-corrected chi connectivity index (χ3v) is 8.58. The van der Waals surface area contributed by atoms with Gasteiger partial charge in [-0.05, 0) is 105 Å². The van der Waals surface area contributed by atoms with Crippen LogP contribution in [0.2, 0.25) is 0 Å². The highest BCUT2D eigenvalue weighted by Crippen LogP contribution is 2.39. The van der Waals surface area contributed by atoms with Crippen molar-refractivity contribution in [2.45, 2.75) is 32.4 Å². The molecule has 5 rings (SSSR count). The van der Waals surface area contributed by atoms with Crippen LogP contribution in [0, 0.1) is 11.3 Å². The van der Waals surface area contributed by atoms with Gasteiger partial charge in [0.2, 0.25) is 11.8 Å². The molecule has 6 amide bonds. The third-order valence-electron chi connectivity index (χ3n) is 8.58. The summed E-state index contributed by atoms with van der Waals surface area (Å²) in [6.45, 7) is 3.34. The van der Waals surface area contributed by atoms with E-state index in [0.29, 0.717) is 16.8 Å². The van der Waals surface area contributed by atoms with Gasteiger partial charge >= 0.3 is 5.97 Å². The number of nitrogens with one attached hydrogen (secondary N) is 5. The highest BCUT2D eigenvalue weighted by Gasteiger charge is 2.25. The Morgan fingerprint density at radius 2 is 1.27 bits per heavy atom. The number of carbonyl (C=O) groups is 7. The summed E-state index contributed by atoms with van der Waals surface area (Å²) < 4.78 is 7.06. The molecule has 9 N–H and O–H groups in total. The molecule has 4 aromatic carbocycles. The van der Waals surface area contributed by atoms with Crippen LogP contribution in [-0.2, 0) is 16.6 Å². The summed E-state index contributed by atoms with van der Waals surface area (Å²) in [4.78, 5) is 88.5. The lowest BCUT2D eigenvalue weighted by Crippen LogP contribution is -2.46. The van der Waals surface area contributed by atoms with Gasteiger partial charge < -0.3 is 51.8 Å². The van der Waals surface area contributed by atoms with Crippen LogP contribution in [0.1, 0.15) is 77.8 Å². The Morgan fingerprint density at radius 3 is 1.80 bits per heavy atom. The number of ether oxygens (including phenoxy) is 1. The molecular formula is C42H38N8O10. The highest BCUT2D eigenvalue weighted by atomic mass is 16.5. The van der Waals surface area contributed by atoms with E-state index >= 15 is 0 Å². The molecule has 18 heteroatoms. The first-order valence-corrected chi connectivity index (χ1v) is 18.0. The molecule has 18 nitrogen and oxygen atoms in total. The number of hydrogen-bond donors (Lipinski definition) is 8. The van der Waals surface area contributed by atoms with Crippen molar-refractivity contribution in [3.8, 4) is 17.6 Å². The van der Waals surface area contributed by atoms with Crippen LogP contribution in [0.15, 0.2) is 97.2 Å². The monoisotopic (exact) mass is 814 g/mol. The Labute approximate surface area is 342 Å². The van der Waals surface area contributed by atoms with Crippen LogP contribution in [-0.4, -0.2) is 68.3 Å². The molecule has 1 heterocycles. The van der Waals surface area contributed by atoms with Gasteiger partial charge in [-0.25, -0.2) is 4.79 Å². The van der Waals surface area contributed by atoms with Crippen molar-refractivity contribution in [2.24, 2.45) is 12.8 Å². The second kappa shape index (κ2) is 18.7. The largest absolute Gasteiger partial charge is 0.504 e. The van der Waals surface area contributed by atoms with Gasteiger partial charge in [0.25, 0.3) is 23.6 Å². The first-order valence-electron chi connectivity index (χ1n) is 18.0. The molecule has 0 aliphatic carbocycles. The van der Waals surface area contributed by atoms with Crippen LogP contribution in [0.4, 0.5) is 22.7 Å². The van der Waals surface area contributed by atoms with Crippen molar-refractivity contribution >= 4 is 64.2 Å². The van der Waals surface area contributed by atoms with Gasteiger partial charge in [0.15, 0.2) is 11.5 Å².